The number of hydrogen-bond acceptors (Lipinski definition) is 4. The zero-order valence-corrected chi connectivity index (χ0v) is 11.8. The van der Waals surface area contributed by atoms with Gasteiger partial charge in [-0.1, -0.05) is 13.8 Å². The van der Waals surface area contributed by atoms with Gasteiger partial charge in [-0.2, -0.15) is 0 Å². The van der Waals surface area contributed by atoms with Crippen LogP contribution in [0.5, 0.6) is 0 Å². The Kier molecular flexibility index (Phi) is 3.73. The molecule has 0 aromatic carbocycles. The second-order valence-corrected chi connectivity index (χ2v) is 5.92. The maximum atomic E-state index is 5.92. The predicted molar refractivity (Wildman–Crippen MR) is 75.7 cm³/mol. The van der Waals surface area contributed by atoms with Crippen molar-refractivity contribution in [3.63, 3.8) is 0 Å². The Balaban J connectivity index is 2.28. The molecule has 0 atom stereocenters. The fraction of sp³-hybridized carbons (Fsp3) is 0.714. The van der Waals surface area contributed by atoms with Crippen LogP contribution in [0.1, 0.15) is 52.3 Å². The van der Waals surface area contributed by atoms with E-state index in [4.69, 9.17) is 10.7 Å². The molecule has 1 heterocycles. The van der Waals surface area contributed by atoms with Gasteiger partial charge in [0.2, 0.25) is 0 Å². The zero-order chi connectivity index (χ0) is 13.3. The Morgan fingerprint density at radius 3 is 2.44 bits per heavy atom. The lowest BCUT2D eigenvalue weighted by Gasteiger charge is -2.30. The van der Waals surface area contributed by atoms with E-state index < -0.39 is 0 Å². The molecule has 1 aromatic heterocycles. The van der Waals surface area contributed by atoms with Gasteiger partial charge in [-0.15, -0.1) is 0 Å². The molecular weight excluding hydrogens is 224 g/mol. The smallest absolute Gasteiger partial charge is 0.136 e. The van der Waals surface area contributed by atoms with Crippen LogP contribution >= 0.6 is 0 Å². The third-order valence-electron chi connectivity index (χ3n) is 3.17. The van der Waals surface area contributed by atoms with Crippen LogP contribution < -0.4 is 10.6 Å². The van der Waals surface area contributed by atoms with Crippen molar-refractivity contribution >= 4 is 11.6 Å². The third-order valence-corrected chi connectivity index (χ3v) is 3.17. The van der Waals surface area contributed by atoms with Crippen LogP contribution in [0, 0.1) is 5.92 Å². The molecule has 0 saturated heterocycles. The summed E-state index contributed by atoms with van der Waals surface area (Å²) in [6.07, 6.45) is 2.41. The van der Waals surface area contributed by atoms with E-state index in [1.807, 2.05) is 6.07 Å². The number of aromatic nitrogens is 2. The van der Waals surface area contributed by atoms with Crippen LogP contribution in [0.2, 0.25) is 0 Å². The number of nitrogens with two attached hydrogens (primary N) is 1. The standard InChI is InChI=1S/C14H24N4/c1-9(2)8-18(10(3)4)13-7-12(15)16-14(17-13)11-5-6-11/h7,9-11H,5-6,8H2,1-4H3,(H2,15,16,17). The van der Waals surface area contributed by atoms with Gasteiger partial charge >= 0.3 is 0 Å². The number of anilines is 2. The summed E-state index contributed by atoms with van der Waals surface area (Å²) >= 11 is 0. The van der Waals surface area contributed by atoms with Crippen molar-refractivity contribution in [3.8, 4) is 0 Å². The lowest BCUT2D eigenvalue weighted by molar-refractivity contribution is 0.564. The highest BCUT2D eigenvalue weighted by atomic mass is 15.2. The summed E-state index contributed by atoms with van der Waals surface area (Å²) < 4.78 is 0. The van der Waals surface area contributed by atoms with Crippen molar-refractivity contribution in [2.45, 2.75) is 52.5 Å². The maximum Gasteiger partial charge on any atom is 0.136 e. The van der Waals surface area contributed by atoms with Gasteiger partial charge in [-0.3, -0.25) is 0 Å². The Labute approximate surface area is 110 Å². The van der Waals surface area contributed by atoms with E-state index in [0.717, 1.165) is 18.2 Å². The average molecular weight is 248 g/mol. The minimum Gasteiger partial charge on any atom is -0.384 e. The summed E-state index contributed by atoms with van der Waals surface area (Å²) in [5.74, 6) is 3.65. The van der Waals surface area contributed by atoms with Crippen molar-refractivity contribution in [2.75, 3.05) is 17.2 Å². The highest BCUT2D eigenvalue weighted by Crippen LogP contribution is 2.39. The molecule has 4 heteroatoms. The van der Waals surface area contributed by atoms with Gasteiger partial charge in [0.1, 0.15) is 17.5 Å². The molecule has 1 aromatic rings. The first-order valence-corrected chi connectivity index (χ1v) is 6.88. The normalized spacial score (nSPS) is 15.4. The van der Waals surface area contributed by atoms with E-state index in [1.54, 1.807) is 0 Å². The Morgan fingerprint density at radius 1 is 1.28 bits per heavy atom. The molecule has 0 aliphatic heterocycles. The number of nitrogen functional groups attached to an aromatic ring is 1. The molecule has 0 spiro atoms. The second-order valence-electron chi connectivity index (χ2n) is 5.92. The largest absolute Gasteiger partial charge is 0.384 e. The molecule has 0 bridgehead atoms. The molecule has 4 nitrogen and oxygen atoms in total. The lowest BCUT2D eigenvalue weighted by Crippen LogP contribution is -2.35. The highest BCUT2D eigenvalue weighted by molar-refractivity contribution is 5.48. The van der Waals surface area contributed by atoms with Gasteiger partial charge in [0.05, 0.1) is 0 Å². The van der Waals surface area contributed by atoms with Crippen LogP contribution in [0.15, 0.2) is 6.07 Å². The van der Waals surface area contributed by atoms with E-state index in [9.17, 15) is 0 Å². The van der Waals surface area contributed by atoms with Gasteiger partial charge < -0.3 is 10.6 Å². The molecule has 1 fully saturated rings. The first kappa shape index (κ1) is 13.1. The number of hydrogen-bond donors (Lipinski definition) is 1. The van der Waals surface area contributed by atoms with Gasteiger partial charge in [-0.05, 0) is 32.6 Å². The Morgan fingerprint density at radius 2 is 1.94 bits per heavy atom. The van der Waals surface area contributed by atoms with Gasteiger partial charge in [-0.25, -0.2) is 9.97 Å². The van der Waals surface area contributed by atoms with Gasteiger partial charge in [0.15, 0.2) is 0 Å². The maximum absolute atomic E-state index is 5.92. The average Bonchev–Trinajstić information content (AvgIpc) is 3.08. The molecule has 18 heavy (non-hydrogen) atoms. The highest BCUT2D eigenvalue weighted by Gasteiger charge is 2.28. The molecule has 2 N–H and O–H groups in total. The summed E-state index contributed by atoms with van der Waals surface area (Å²) in [4.78, 5) is 11.4. The third kappa shape index (κ3) is 3.12. The molecule has 1 saturated carbocycles. The van der Waals surface area contributed by atoms with Crippen molar-refractivity contribution < 1.29 is 0 Å². The second kappa shape index (κ2) is 5.12. The van der Waals surface area contributed by atoms with Crippen LogP contribution in [-0.2, 0) is 0 Å². The van der Waals surface area contributed by atoms with Crippen LogP contribution in [0.25, 0.3) is 0 Å². The summed E-state index contributed by atoms with van der Waals surface area (Å²) in [7, 11) is 0. The predicted octanol–water partition coefficient (Wildman–Crippen LogP) is 2.81. The summed E-state index contributed by atoms with van der Waals surface area (Å²) in [5.41, 5.74) is 5.92. The van der Waals surface area contributed by atoms with Gasteiger partial charge in [0.25, 0.3) is 0 Å². The van der Waals surface area contributed by atoms with Crippen molar-refractivity contribution in [3.05, 3.63) is 11.9 Å². The van der Waals surface area contributed by atoms with E-state index in [0.29, 0.717) is 23.7 Å². The molecule has 1 aliphatic carbocycles. The Bertz CT molecular complexity index is 410. The van der Waals surface area contributed by atoms with Crippen molar-refractivity contribution in [2.24, 2.45) is 5.92 Å². The first-order chi connectivity index (χ1) is 8.47. The lowest BCUT2D eigenvalue weighted by atomic mass is 10.2. The molecule has 100 valence electrons. The molecule has 2 rings (SSSR count). The van der Waals surface area contributed by atoms with Crippen LogP contribution in [0.3, 0.4) is 0 Å². The summed E-state index contributed by atoms with van der Waals surface area (Å²) in [5, 5.41) is 0. The first-order valence-electron chi connectivity index (χ1n) is 6.88. The van der Waals surface area contributed by atoms with Crippen molar-refractivity contribution in [1.82, 2.24) is 9.97 Å². The fourth-order valence-corrected chi connectivity index (χ4v) is 2.10. The monoisotopic (exact) mass is 248 g/mol. The van der Waals surface area contributed by atoms with Crippen LogP contribution in [-0.4, -0.2) is 22.6 Å². The van der Waals surface area contributed by atoms with E-state index in [-0.39, 0.29) is 0 Å². The van der Waals surface area contributed by atoms with Gasteiger partial charge in [0, 0.05) is 24.6 Å². The molecule has 0 unspecified atom stereocenters. The van der Waals surface area contributed by atoms with E-state index >= 15 is 0 Å². The van der Waals surface area contributed by atoms with Crippen LogP contribution in [0.4, 0.5) is 11.6 Å². The van der Waals surface area contributed by atoms with Crippen molar-refractivity contribution in [1.29, 1.82) is 0 Å². The van der Waals surface area contributed by atoms with E-state index in [1.165, 1.54) is 12.8 Å². The Hall–Kier alpha value is -1.32. The zero-order valence-electron chi connectivity index (χ0n) is 11.8. The minimum atomic E-state index is 0.425. The fourth-order valence-electron chi connectivity index (χ4n) is 2.10. The van der Waals surface area contributed by atoms with E-state index in [2.05, 4.69) is 37.6 Å². The minimum absolute atomic E-state index is 0.425. The summed E-state index contributed by atoms with van der Waals surface area (Å²) in [6, 6.07) is 2.32. The molecule has 0 amide bonds. The number of nitrogens with zero attached hydrogens (tertiary/aromatic N) is 3. The SMILES string of the molecule is CC(C)CN(c1cc(N)nc(C2CC2)n1)C(C)C. The molecular formula is C14H24N4. The summed E-state index contributed by atoms with van der Waals surface area (Å²) in [6.45, 7) is 9.83. The molecule has 0 radical (unpaired) electrons. The number of rotatable bonds is 5. The topological polar surface area (TPSA) is 55.0 Å². The quantitative estimate of drug-likeness (QED) is 0.870. The molecule has 1 aliphatic rings.